The average Bonchev–Trinajstić information content (AvgIpc) is 2.45. The molecule has 0 fully saturated rings. The highest BCUT2D eigenvalue weighted by Crippen LogP contribution is 2.21. The van der Waals surface area contributed by atoms with Crippen LogP contribution in [0.5, 0.6) is 0 Å². The number of rotatable bonds is 4. The summed E-state index contributed by atoms with van der Waals surface area (Å²) in [6, 6.07) is 5.52. The van der Waals surface area contributed by atoms with Crippen LogP contribution in [0.4, 0.5) is 0 Å². The van der Waals surface area contributed by atoms with Crippen molar-refractivity contribution in [2.45, 2.75) is 10.8 Å². The van der Waals surface area contributed by atoms with Gasteiger partial charge in [0.1, 0.15) is 12.0 Å². The molecule has 0 saturated carbocycles. The number of aromatic nitrogens is 3. The van der Waals surface area contributed by atoms with E-state index in [4.69, 9.17) is 10.9 Å². The molecule has 18 heavy (non-hydrogen) atoms. The molecule has 3 N–H and O–H groups in total. The predicted molar refractivity (Wildman–Crippen MR) is 68.3 cm³/mol. The first kappa shape index (κ1) is 12.3. The van der Waals surface area contributed by atoms with Crippen molar-refractivity contribution in [3.8, 4) is 0 Å². The van der Waals surface area contributed by atoms with Crippen LogP contribution in [0, 0.1) is 0 Å². The van der Waals surface area contributed by atoms with E-state index in [-0.39, 0.29) is 5.84 Å². The summed E-state index contributed by atoms with van der Waals surface area (Å²) in [4.78, 5) is 12.1. The van der Waals surface area contributed by atoms with E-state index < -0.39 is 0 Å². The zero-order valence-electron chi connectivity index (χ0n) is 9.39. The summed E-state index contributed by atoms with van der Waals surface area (Å²) < 4.78 is 0. The van der Waals surface area contributed by atoms with Gasteiger partial charge in [0.2, 0.25) is 0 Å². The fourth-order valence-corrected chi connectivity index (χ4v) is 2.16. The molecular weight excluding hydrogens is 250 g/mol. The molecule has 7 heteroatoms. The molecule has 0 unspecified atom stereocenters. The molecule has 2 heterocycles. The van der Waals surface area contributed by atoms with Crippen LogP contribution in [0.25, 0.3) is 0 Å². The standard InChI is InChI=1S/C11H11N5OS/c12-11(16-17)10-8(2-1-4-14-10)6-18-9-3-5-13-7-15-9/h1-5,7,17H,6H2,(H2,12,16). The van der Waals surface area contributed by atoms with Crippen molar-refractivity contribution in [1.82, 2.24) is 15.0 Å². The average molecular weight is 261 g/mol. The second kappa shape index (κ2) is 5.97. The van der Waals surface area contributed by atoms with Gasteiger partial charge in [0.15, 0.2) is 5.84 Å². The summed E-state index contributed by atoms with van der Waals surface area (Å²) in [7, 11) is 0. The summed E-state index contributed by atoms with van der Waals surface area (Å²) in [5.41, 5.74) is 6.94. The third-order valence-electron chi connectivity index (χ3n) is 2.17. The molecule has 92 valence electrons. The van der Waals surface area contributed by atoms with Gasteiger partial charge in [-0.3, -0.25) is 4.98 Å². The van der Waals surface area contributed by atoms with E-state index in [1.165, 1.54) is 18.1 Å². The van der Waals surface area contributed by atoms with E-state index in [0.717, 1.165) is 10.6 Å². The summed E-state index contributed by atoms with van der Waals surface area (Å²) in [5.74, 6) is 0.644. The quantitative estimate of drug-likeness (QED) is 0.215. The minimum Gasteiger partial charge on any atom is -0.409 e. The summed E-state index contributed by atoms with van der Waals surface area (Å²) in [5, 5.41) is 12.5. The highest BCUT2D eigenvalue weighted by Gasteiger charge is 2.08. The number of pyridine rings is 1. The van der Waals surface area contributed by atoms with Gasteiger partial charge < -0.3 is 10.9 Å². The predicted octanol–water partition coefficient (Wildman–Crippen LogP) is 1.26. The lowest BCUT2D eigenvalue weighted by Gasteiger charge is -2.06. The highest BCUT2D eigenvalue weighted by molar-refractivity contribution is 7.98. The second-order valence-electron chi connectivity index (χ2n) is 3.33. The van der Waals surface area contributed by atoms with Crippen molar-refractivity contribution in [2.75, 3.05) is 0 Å². The van der Waals surface area contributed by atoms with Crippen molar-refractivity contribution < 1.29 is 5.21 Å². The van der Waals surface area contributed by atoms with Gasteiger partial charge in [0.05, 0.1) is 5.03 Å². The van der Waals surface area contributed by atoms with Crippen LogP contribution in [0.3, 0.4) is 0 Å². The molecular formula is C11H11N5OS. The van der Waals surface area contributed by atoms with Gasteiger partial charge in [-0.25, -0.2) is 9.97 Å². The Morgan fingerprint density at radius 2 is 2.22 bits per heavy atom. The topological polar surface area (TPSA) is 97.3 Å². The van der Waals surface area contributed by atoms with E-state index in [9.17, 15) is 0 Å². The normalized spacial score (nSPS) is 11.4. The third-order valence-corrected chi connectivity index (χ3v) is 3.16. The monoisotopic (exact) mass is 261 g/mol. The Labute approximate surface area is 108 Å². The van der Waals surface area contributed by atoms with Crippen LogP contribution in [0.2, 0.25) is 0 Å². The van der Waals surface area contributed by atoms with Gasteiger partial charge in [-0.15, -0.1) is 11.8 Å². The minimum atomic E-state index is 0.00823. The molecule has 0 amide bonds. The van der Waals surface area contributed by atoms with Crippen LogP contribution >= 0.6 is 11.8 Å². The Morgan fingerprint density at radius 3 is 2.94 bits per heavy atom. The maximum Gasteiger partial charge on any atom is 0.189 e. The van der Waals surface area contributed by atoms with Crippen molar-refractivity contribution in [1.29, 1.82) is 0 Å². The van der Waals surface area contributed by atoms with E-state index in [1.54, 1.807) is 12.4 Å². The number of thioether (sulfide) groups is 1. The van der Waals surface area contributed by atoms with E-state index in [0.29, 0.717) is 11.4 Å². The van der Waals surface area contributed by atoms with Crippen molar-refractivity contribution in [3.05, 3.63) is 48.2 Å². The van der Waals surface area contributed by atoms with Gasteiger partial charge in [0.25, 0.3) is 0 Å². The molecule has 0 aliphatic rings. The molecule has 6 nitrogen and oxygen atoms in total. The van der Waals surface area contributed by atoms with Crippen molar-refractivity contribution in [2.24, 2.45) is 10.9 Å². The number of hydrogen-bond acceptors (Lipinski definition) is 6. The third kappa shape index (κ3) is 2.95. The minimum absolute atomic E-state index is 0.00823. The van der Waals surface area contributed by atoms with Crippen LogP contribution in [0.1, 0.15) is 11.3 Å². The van der Waals surface area contributed by atoms with Crippen LogP contribution in [-0.2, 0) is 5.75 Å². The molecule has 0 aromatic carbocycles. The van der Waals surface area contributed by atoms with Crippen LogP contribution in [-0.4, -0.2) is 26.0 Å². The first-order valence-electron chi connectivity index (χ1n) is 5.12. The number of oxime groups is 1. The number of amidine groups is 1. The Morgan fingerprint density at radius 1 is 1.33 bits per heavy atom. The maximum absolute atomic E-state index is 8.69. The Bertz CT molecular complexity index is 546. The SMILES string of the molecule is NC(=NO)c1ncccc1CSc1ccncn1. The number of hydrogen-bond donors (Lipinski definition) is 2. The molecule has 0 saturated heterocycles. The van der Waals surface area contributed by atoms with Gasteiger partial charge in [-0.05, 0) is 17.7 Å². The first-order valence-corrected chi connectivity index (χ1v) is 6.10. The fraction of sp³-hybridized carbons (Fsp3) is 0.0909. The lowest BCUT2D eigenvalue weighted by atomic mass is 10.2. The van der Waals surface area contributed by atoms with E-state index in [1.807, 2.05) is 18.2 Å². The summed E-state index contributed by atoms with van der Waals surface area (Å²) in [6.07, 6.45) is 4.78. The summed E-state index contributed by atoms with van der Waals surface area (Å²) >= 11 is 1.53. The number of nitrogens with two attached hydrogens (primary N) is 1. The van der Waals surface area contributed by atoms with E-state index >= 15 is 0 Å². The van der Waals surface area contributed by atoms with Crippen LogP contribution < -0.4 is 5.73 Å². The largest absolute Gasteiger partial charge is 0.409 e. The Balaban J connectivity index is 2.15. The molecule has 0 bridgehead atoms. The second-order valence-corrected chi connectivity index (χ2v) is 4.33. The van der Waals surface area contributed by atoms with Gasteiger partial charge in [-0.2, -0.15) is 0 Å². The molecule has 2 rings (SSSR count). The molecule has 0 spiro atoms. The zero-order valence-corrected chi connectivity index (χ0v) is 10.2. The molecule has 0 radical (unpaired) electrons. The first-order chi connectivity index (χ1) is 8.81. The molecule has 0 aliphatic carbocycles. The van der Waals surface area contributed by atoms with Crippen molar-refractivity contribution >= 4 is 17.6 Å². The Kier molecular flexibility index (Phi) is 4.08. The van der Waals surface area contributed by atoms with Gasteiger partial charge in [-0.1, -0.05) is 11.2 Å². The lowest BCUT2D eigenvalue weighted by Crippen LogP contribution is -2.17. The fourth-order valence-electron chi connectivity index (χ4n) is 1.35. The molecule has 0 atom stereocenters. The molecule has 2 aromatic rings. The molecule has 0 aliphatic heterocycles. The maximum atomic E-state index is 8.69. The van der Waals surface area contributed by atoms with Gasteiger partial charge >= 0.3 is 0 Å². The Hall–Kier alpha value is -2.15. The highest BCUT2D eigenvalue weighted by atomic mass is 32.2. The smallest absolute Gasteiger partial charge is 0.189 e. The zero-order chi connectivity index (χ0) is 12.8. The van der Waals surface area contributed by atoms with E-state index in [2.05, 4.69) is 20.1 Å². The lowest BCUT2D eigenvalue weighted by molar-refractivity contribution is 0.318. The number of nitrogens with zero attached hydrogens (tertiary/aromatic N) is 4. The van der Waals surface area contributed by atoms with Crippen LogP contribution in [0.15, 0.2) is 47.1 Å². The van der Waals surface area contributed by atoms with Crippen molar-refractivity contribution in [3.63, 3.8) is 0 Å². The molecule has 2 aromatic heterocycles. The summed E-state index contributed by atoms with van der Waals surface area (Å²) in [6.45, 7) is 0. The van der Waals surface area contributed by atoms with Gasteiger partial charge in [0, 0.05) is 18.1 Å².